The molecule has 0 aliphatic carbocycles. The third-order valence-corrected chi connectivity index (χ3v) is 4.40. The molecule has 0 bridgehead atoms. The van der Waals surface area contributed by atoms with E-state index in [1.165, 1.54) is 5.56 Å². The van der Waals surface area contributed by atoms with Crippen molar-refractivity contribution >= 4 is 17.7 Å². The van der Waals surface area contributed by atoms with Crippen molar-refractivity contribution in [3.63, 3.8) is 0 Å². The second kappa shape index (κ2) is 6.47. The highest BCUT2D eigenvalue weighted by atomic mass is 35.5. The number of halogens is 1. The average Bonchev–Trinajstić information content (AvgIpc) is 2.88. The van der Waals surface area contributed by atoms with Crippen LogP contribution in [-0.2, 0) is 4.74 Å². The first-order chi connectivity index (χ1) is 10.2. The first-order valence-electron chi connectivity index (χ1n) is 7.61. The molecule has 0 aromatic heterocycles. The Balaban J connectivity index is 2.16. The quantitative estimate of drug-likeness (QED) is 0.904. The second-order valence-corrected chi connectivity index (χ2v) is 7.34. The van der Waals surface area contributed by atoms with E-state index in [4.69, 9.17) is 16.3 Å². The molecular formula is C17H25ClN2O2. The SMILES string of the molecule is Cc1cc([C@H]2CNC[C@@H]2N(C)C(=O)OC(C)(C)C)ccc1Cl. The summed E-state index contributed by atoms with van der Waals surface area (Å²) in [6.45, 7) is 9.25. The van der Waals surface area contributed by atoms with Crippen LogP contribution in [-0.4, -0.2) is 42.8 Å². The van der Waals surface area contributed by atoms with Gasteiger partial charge in [-0.3, -0.25) is 0 Å². The number of rotatable bonds is 2. The Labute approximate surface area is 137 Å². The van der Waals surface area contributed by atoms with Crippen LogP contribution in [0.2, 0.25) is 5.02 Å². The van der Waals surface area contributed by atoms with Crippen LogP contribution in [0.25, 0.3) is 0 Å². The number of amides is 1. The number of nitrogens with one attached hydrogen (secondary N) is 1. The minimum Gasteiger partial charge on any atom is -0.444 e. The van der Waals surface area contributed by atoms with E-state index in [0.717, 1.165) is 23.7 Å². The van der Waals surface area contributed by atoms with E-state index in [1.54, 1.807) is 4.90 Å². The summed E-state index contributed by atoms with van der Waals surface area (Å²) in [5.41, 5.74) is 1.78. The lowest BCUT2D eigenvalue weighted by Crippen LogP contribution is -2.44. The van der Waals surface area contributed by atoms with Crippen molar-refractivity contribution in [3.8, 4) is 0 Å². The highest BCUT2D eigenvalue weighted by Crippen LogP contribution is 2.29. The molecule has 1 aromatic rings. The molecule has 0 saturated carbocycles. The Morgan fingerprint density at radius 2 is 2.05 bits per heavy atom. The number of aryl methyl sites for hydroxylation is 1. The van der Waals surface area contributed by atoms with E-state index in [2.05, 4.69) is 11.4 Å². The van der Waals surface area contributed by atoms with Crippen molar-refractivity contribution in [1.82, 2.24) is 10.2 Å². The van der Waals surface area contributed by atoms with Crippen molar-refractivity contribution in [2.45, 2.75) is 45.3 Å². The smallest absolute Gasteiger partial charge is 0.410 e. The summed E-state index contributed by atoms with van der Waals surface area (Å²) in [7, 11) is 1.81. The van der Waals surface area contributed by atoms with Gasteiger partial charge in [-0.05, 0) is 44.9 Å². The summed E-state index contributed by atoms with van der Waals surface area (Å²) in [6.07, 6.45) is -0.281. The Morgan fingerprint density at radius 1 is 1.36 bits per heavy atom. The van der Waals surface area contributed by atoms with Crippen LogP contribution < -0.4 is 5.32 Å². The fourth-order valence-corrected chi connectivity index (χ4v) is 2.90. The fraction of sp³-hybridized carbons (Fsp3) is 0.588. The number of hydrogen-bond donors (Lipinski definition) is 1. The minimum atomic E-state index is -0.482. The number of ether oxygens (including phenoxy) is 1. The summed E-state index contributed by atoms with van der Waals surface area (Å²) >= 11 is 6.11. The molecule has 0 spiro atoms. The lowest BCUT2D eigenvalue weighted by molar-refractivity contribution is 0.0224. The van der Waals surface area contributed by atoms with Gasteiger partial charge in [0, 0.05) is 31.1 Å². The maximum atomic E-state index is 12.3. The van der Waals surface area contributed by atoms with Crippen LogP contribution in [0, 0.1) is 6.92 Å². The van der Waals surface area contributed by atoms with Gasteiger partial charge in [-0.1, -0.05) is 23.7 Å². The average molecular weight is 325 g/mol. The zero-order chi connectivity index (χ0) is 16.5. The van der Waals surface area contributed by atoms with Crippen LogP contribution >= 0.6 is 11.6 Å². The molecule has 1 fully saturated rings. The Kier molecular flexibility index (Phi) is 5.03. The molecule has 1 heterocycles. The van der Waals surface area contributed by atoms with Gasteiger partial charge in [-0.2, -0.15) is 0 Å². The predicted octanol–water partition coefficient (Wildman–Crippen LogP) is 3.57. The van der Waals surface area contributed by atoms with Gasteiger partial charge >= 0.3 is 6.09 Å². The summed E-state index contributed by atoms with van der Waals surface area (Å²) in [6, 6.07) is 6.16. The number of likely N-dealkylation sites (N-methyl/N-ethyl adjacent to an activating group) is 1. The minimum absolute atomic E-state index is 0.0791. The van der Waals surface area contributed by atoms with E-state index in [-0.39, 0.29) is 18.1 Å². The maximum Gasteiger partial charge on any atom is 0.410 e. The van der Waals surface area contributed by atoms with Crippen molar-refractivity contribution < 1.29 is 9.53 Å². The molecule has 5 heteroatoms. The van der Waals surface area contributed by atoms with Gasteiger partial charge in [0.05, 0.1) is 6.04 Å². The molecule has 1 aliphatic rings. The number of nitrogens with zero attached hydrogens (tertiary/aromatic N) is 1. The number of hydrogen-bond acceptors (Lipinski definition) is 3. The van der Waals surface area contributed by atoms with E-state index in [9.17, 15) is 4.79 Å². The predicted molar refractivity (Wildman–Crippen MR) is 89.6 cm³/mol. The van der Waals surface area contributed by atoms with Crippen LogP contribution in [0.5, 0.6) is 0 Å². The maximum absolute atomic E-state index is 12.3. The van der Waals surface area contributed by atoms with Crippen molar-refractivity contribution in [2.75, 3.05) is 20.1 Å². The third kappa shape index (κ3) is 3.93. The van der Waals surface area contributed by atoms with Crippen LogP contribution in [0.15, 0.2) is 18.2 Å². The molecule has 0 unspecified atom stereocenters. The van der Waals surface area contributed by atoms with Gasteiger partial charge in [0.1, 0.15) is 5.60 Å². The number of carbonyl (C=O) groups excluding carboxylic acids is 1. The summed E-state index contributed by atoms with van der Waals surface area (Å²) in [5.74, 6) is 0.244. The Hall–Kier alpha value is -1.26. The monoisotopic (exact) mass is 324 g/mol. The zero-order valence-corrected chi connectivity index (χ0v) is 14.7. The van der Waals surface area contributed by atoms with Crippen LogP contribution in [0.1, 0.15) is 37.8 Å². The van der Waals surface area contributed by atoms with Gasteiger partial charge in [0.15, 0.2) is 0 Å². The molecule has 122 valence electrons. The molecule has 22 heavy (non-hydrogen) atoms. The molecule has 1 N–H and O–H groups in total. The lowest BCUT2D eigenvalue weighted by atomic mass is 9.92. The number of benzene rings is 1. The molecule has 1 aromatic carbocycles. The van der Waals surface area contributed by atoms with Gasteiger partial charge in [-0.25, -0.2) is 4.79 Å². The molecular weight excluding hydrogens is 300 g/mol. The van der Waals surface area contributed by atoms with Gasteiger partial charge < -0.3 is 15.0 Å². The highest BCUT2D eigenvalue weighted by molar-refractivity contribution is 6.31. The molecule has 1 saturated heterocycles. The first kappa shape index (κ1) is 17.1. The van der Waals surface area contributed by atoms with E-state index >= 15 is 0 Å². The lowest BCUT2D eigenvalue weighted by Gasteiger charge is -2.31. The topological polar surface area (TPSA) is 41.6 Å². The van der Waals surface area contributed by atoms with Crippen LogP contribution in [0.4, 0.5) is 4.79 Å². The van der Waals surface area contributed by atoms with E-state index in [1.807, 2.05) is 46.9 Å². The van der Waals surface area contributed by atoms with Gasteiger partial charge in [0.25, 0.3) is 0 Å². The van der Waals surface area contributed by atoms with Crippen LogP contribution in [0.3, 0.4) is 0 Å². The molecule has 4 nitrogen and oxygen atoms in total. The molecule has 2 atom stereocenters. The summed E-state index contributed by atoms with van der Waals surface area (Å²) in [4.78, 5) is 14.0. The van der Waals surface area contributed by atoms with Gasteiger partial charge in [-0.15, -0.1) is 0 Å². The second-order valence-electron chi connectivity index (χ2n) is 6.93. The van der Waals surface area contributed by atoms with Crippen molar-refractivity contribution in [2.24, 2.45) is 0 Å². The van der Waals surface area contributed by atoms with Crippen molar-refractivity contribution in [3.05, 3.63) is 34.3 Å². The van der Waals surface area contributed by atoms with E-state index in [0.29, 0.717) is 0 Å². The Morgan fingerprint density at radius 3 is 2.64 bits per heavy atom. The standard InChI is InChI=1S/C17H25ClN2O2/c1-11-8-12(6-7-14(11)18)13-9-19-10-15(13)20(5)16(21)22-17(2,3)4/h6-8,13,15,19H,9-10H2,1-5H3/t13-,15+/m1/s1. The number of carbonyl (C=O) groups is 1. The largest absolute Gasteiger partial charge is 0.444 e. The first-order valence-corrected chi connectivity index (χ1v) is 7.99. The zero-order valence-electron chi connectivity index (χ0n) is 13.9. The van der Waals surface area contributed by atoms with Gasteiger partial charge in [0.2, 0.25) is 0 Å². The van der Waals surface area contributed by atoms with Crippen molar-refractivity contribution in [1.29, 1.82) is 0 Å². The Bertz CT molecular complexity index is 554. The molecule has 1 amide bonds. The highest BCUT2D eigenvalue weighted by Gasteiger charge is 2.35. The summed E-state index contributed by atoms with van der Waals surface area (Å²) < 4.78 is 5.48. The molecule has 2 rings (SSSR count). The summed E-state index contributed by atoms with van der Waals surface area (Å²) in [5, 5.41) is 4.14. The fourth-order valence-electron chi connectivity index (χ4n) is 2.78. The normalized spacial score (nSPS) is 21.7. The molecule has 1 aliphatic heterocycles. The molecule has 0 radical (unpaired) electrons. The van der Waals surface area contributed by atoms with E-state index < -0.39 is 5.60 Å². The third-order valence-electron chi connectivity index (χ3n) is 3.97.